The van der Waals surface area contributed by atoms with Gasteiger partial charge in [-0.2, -0.15) is 13.2 Å². The van der Waals surface area contributed by atoms with E-state index in [0.717, 1.165) is 31.0 Å². The third-order valence-electron chi connectivity index (χ3n) is 2.87. The number of carbonyl (C=O) groups excluding carboxylic acids is 2. The van der Waals surface area contributed by atoms with E-state index in [1.807, 2.05) is 0 Å². The molecule has 0 radical (unpaired) electrons. The molecular weight excluding hydrogens is 357 g/mol. The van der Waals surface area contributed by atoms with Crippen LogP contribution in [0.3, 0.4) is 0 Å². The number of ether oxygens (including phenoxy) is 2. The Morgan fingerprint density at radius 2 is 1.76 bits per heavy atom. The van der Waals surface area contributed by atoms with Gasteiger partial charge in [0, 0.05) is 11.3 Å². The summed E-state index contributed by atoms with van der Waals surface area (Å²) in [7, 11) is 1.11. The molecule has 1 rings (SSSR count). The molecule has 0 spiro atoms. The zero-order valence-electron chi connectivity index (χ0n) is 14.5. The van der Waals surface area contributed by atoms with E-state index < -0.39 is 23.3 Å². The Balaban J connectivity index is 2.72. The number of esters is 2. The van der Waals surface area contributed by atoms with Gasteiger partial charge < -0.3 is 9.47 Å². The van der Waals surface area contributed by atoms with Crippen LogP contribution in [0.4, 0.5) is 13.2 Å². The molecule has 0 aliphatic carbocycles. The molecule has 0 saturated heterocycles. The minimum atomic E-state index is -4.56. The van der Waals surface area contributed by atoms with Crippen LogP contribution in [0.25, 0.3) is 0 Å². The predicted molar refractivity (Wildman–Crippen MR) is 88.6 cm³/mol. The zero-order chi connectivity index (χ0) is 19.3. The third kappa shape index (κ3) is 7.81. The van der Waals surface area contributed by atoms with E-state index >= 15 is 0 Å². The maximum atomic E-state index is 12.9. The number of hydrogen-bond donors (Lipinski definition) is 0. The lowest BCUT2D eigenvalue weighted by atomic mass is 10.1. The van der Waals surface area contributed by atoms with E-state index in [0.29, 0.717) is 17.1 Å². The molecule has 0 aliphatic rings. The van der Waals surface area contributed by atoms with Crippen molar-refractivity contribution in [3.63, 3.8) is 0 Å². The number of rotatable bonds is 6. The lowest BCUT2D eigenvalue weighted by molar-refractivity contribution is -0.154. The van der Waals surface area contributed by atoms with Gasteiger partial charge in [0.1, 0.15) is 5.60 Å². The summed E-state index contributed by atoms with van der Waals surface area (Å²) in [6.45, 7) is 5.28. The highest BCUT2D eigenvalue weighted by Crippen LogP contribution is 2.33. The molecule has 0 aromatic heterocycles. The fraction of sp³-hybridized carbons (Fsp3) is 0.529. The normalized spacial score (nSPS) is 12.0. The van der Waals surface area contributed by atoms with Gasteiger partial charge in [-0.1, -0.05) is 0 Å². The summed E-state index contributed by atoms with van der Waals surface area (Å²) in [6.07, 6.45) is -3.94. The van der Waals surface area contributed by atoms with Crippen LogP contribution in [-0.4, -0.2) is 30.4 Å². The van der Waals surface area contributed by atoms with Crippen molar-refractivity contribution in [2.75, 3.05) is 12.9 Å². The summed E-state index contributed by atoms with van der Waals surface area (Å²) in [5.41, 5.74) is -1.64. The number of hydrogen-bond acceptors (Lipinski definition) is 5. The number of halogens is 3. The first-order valence-electron chi connectivity index (χ1n) is 7.57. The summed E-state index contributed by atoms with van der Waals surface area (Å²) < 4.78 is 48.5. The zero-order valence-corrected chi connectivity index (χ0v) is 15.3. The Labute approximate surface area is 149 Å². The smallest absolute Gasteiger partial charge is 0.416 e. The van der Waals surface area contributed by atoms with E-state index in [9.17, 15) is 22.8 Å². The Kier molecular flexibility index (Phi) is 7.34. The summed E-state index contributed by atoms with van der Waals surface area (Å²) in [5.74, 6) is -0.768. The molecule has 0 atom stereocenters. The predicted octanol–water partition coefficient (Wildman–Crippen LogP) is 4.71. The van der Waals surface area contributed by atoms with E-state index in [1.54, 1.807) is 20.8 Å². The second kappa shape index (κ2) is 8.60. The Bertz CT molecular complexity index is 621. The van der Waals surface area contributed by atoms with Gasteiger partial charge in [0.25, 0.3) is 0 Å². The molecule has 8 heteroatoms. The molecule has 0 fully saturated rings. The molecule has 0 aliphatic heterocycles. The van der Waals surface area contributed by atoms with Gasteiger partial charge in [-0.3, -0.25) is 4.79 Å². The summed E-state index contributed by atoms with van der Waals surface area (Å²) >= 11 is 1.14. The average Bonchev–Trinajstić information content (AvgIpc) is 2.48. The van der Waals surface area contributed by atoms with Gasteiger partial charge in [0.05, 0.1) is 18.2 Å². The van der Waals surface area contributed by atoms with Crippen molar-refractivity contribution in [2.24, 2.45) is 0 Å². The lowest BCUT2D eigenvalue weighted by Gasteiger charge is -2.19. The highest BCUT2D eigenvalue weighted by molar-refractivity contribution is 7.99. The Hall–Kier alpha value is -1.70. The van der Waals surface area contributed by atoms with Gasteiger partial charge >= 0.3 is 18.1 Å². The molecule has 1 aromatic carbocycles. The van der Waals surface area contributed by atoms with Crippen LogP contribution in [-0.2, 0) is 20.4 Å². The van der Waals surface area contributed by atoms with Gasteiger partial charge in [0.2, 0.25) is 0 Å². The van der Waals surface area contributed by atoms with Crippen LogP contribution in [0.15, 0.2) is 23.1 Å². The molecule has 1 aromatic rings. The van der Waals surface area contributed by atoms with Crippen molar-refractivity contribution in [3.8, 4) is 0 Å². The second-order valence-electron chi connectivity index (χ2n) is 6.27. The van der Waals surface area contributed by atoms with Crippen molar-refractivity contribution < 1.29 is 32.2 Å². The fourth-order valence-electron chi connectivity index (χ4n) is 1.88. The van der Waals surface area contributed by atoms with Crippen molar-refractivity contribution in [2.45, 2.75) is 50.3 Å². The number of benzene rings is 1. The number of alkyl halides is 3. The van der Waals surface area contributed by atoms with E-state index in [1.165, 1.54) is 6.07 Å². The molecule has 0 bridgehead atoms. The van der Waals surface area contributed by atoms with Crippen molar-refractivity contribution in [1.29, 1.82) is 0 Å². The quantitative estimate of drug-likeness (QED) is 0.408. The third-order valence-corrected chi connectivity index (χ3v) is 3.93. The highest BCUT2D eigenvalue weighted by Gasteiger charge is 2.32. The van der Waals surface area contributed by atoms with Gasteiger partial charge in [-0.25, -0.2) is 4.79 Å². The minimum Gasteiger partial charge on any atom is -0.465 e. The fourth-order valence-corrected chi connectivity index (χ4v) is 2.83. The molecule has 4 nitrogen and oxygen atoms in total. The molecule has 140 valence electrons. The molecule has 0 heterocycles. The largest absolute Gasteiger partial charge is 0.465 e. The monoisotopic (exact) mass is 378 g/mol. The molecule has 25 heavy (non-hydrogen) atoms. The van der Waals surface area contributed by atoms with Gasteiger partial charge in [0.15, 0.2) is 0 Å². The Morgan fingerprint density at radius 3 is 2.28 bits per heavy atom. The topological polar surface area (TPSA) is 52.6 Å². The Morgan fingerprint density at radius 1 is 1.12 bits per heavy atom. The first-order valence-corrected chi connectivity index (χ1v) is 8.56. The minimum absolute atomic E-state index is 0.160. The van der Waals surface area contributed by atoms with Crippen molar-refractivity contribution >= 4 is 23.7 Å². The van der Waals surface area contributed by atoms with E-state index in [2.05, 4.69) is 4.74 Å². The second-order valence-corrected chi connectivity index (χ2v) is 7.44. The average molecular weight is 378 g/mol. The maximum Gasteiger partial charge on any atom is 0.416 e. The molecule has 0 saturated carbocycles. The molecule has 0 N–H and O–H groups in total. The van der Waals surface area contributed by atoms with Crippen LogP contribution < -0.4 is 0 Å². The van der Waals surface area contributed by atoms with Crippen LogP contribution in [0.1, 0.15) is 49.5 Å². The number of methoxy groups -OCH3 is 1. The van der Waals surface area contributed by atoms with E-state index in [4.69, 9.17) is 4.74 Å². The highest BCUT2D eigenvalue weighted by atomic mass is 32.2. The van der Waals surface area contributed by atoms with Crippen LogP contribution in [0, 0.1) is 0 Å². The van der Waals surface area contributed by atoms with Crippen molar-refractivity contribution in [1.82, 2.24) is 0 Å². The molecular formula is C17H21F3O4S. The first-order chi connectivity index (χ1) is 11.4. The number of thioether (sulfide) groups is 1. The van der Waals surface area contributed by atoms with Crippen LogP contribution in [0.2, 0.25) is 0 Å². The summed E-state index contributed by atoms with van der Waals surface area (Å²) in [5, 5.41) is 0. The molecule has 0 amide bonds. The lowest BCUT2D eigenvalue weighted by Crippen LogP contribution is -2.23. The van der Waals surface area contributed by atoms with Crippen LogP contribution in [0.5, 0.6) is 0 Å². The van der Waals surface area contributed by atoms with Gasteiger partial charge in [-0.05, 0) is 51.1 Å². The van der Waals surface area contributed by atoms with Crippen LogP contribution >= 0.6 is 11.8 Å². The maximum absolute atomic E-state index is 12.9. The van der Waals surface area contributed by atoms with E-state index in [-0.39, 0.29) is 18.0 Å². The van der Waals surface area contributed by atoms with Gasteiger partial charge in [-0.15, -0.1) is 11.8 Å². The summed E-state index contributed by atoms with van der Waals surface area (Å²) in [4.78, 5) is 23.4. The number of carbonyl (C=O) groups is 2. The standard InChI is InChI=1S/C17H21F3O4S/c1-16(2,3)24-14(21)6-5-7-25-13-9-11(15(22)23-4)8-12(10-13)17(18,19)20/h8-10H,5-7H2,1-4H3. The van der Waals surface area contributed by atoms with Crippen molar-refractivity contribution in [3.05, 3.63) is 29.3 Å². The SMILES string of the molecule is COC(=O)c1cc(SCCCC(=O)OC(C)(C)C)cc(C(F)(F)F)c1. The summed E-state index contributed by atoms with van der Waals surface area (Å²) in [6, 6.07) is 3.08. The first kappa shape index (κ1) is 21.3. The molecule has 0 unspecified atom stereocenters.